The lowest BCUT2D eigenvalue weighted by molar-refractivity contribution is -0.202. The first kappa shape index (κ1) is 22.0. The number of carbonyl (C=O) groups excluding carboxylic acids is 1. The molecule has 1 aliphatic heterocycles. The summed E-state index contributed by atoms with van der Waals surface area (Å²) in [4.78, 5) is 12.7. The highest BCUT2D eigenvalue weighted by Gasteiger charge is 2.46. The van der Waals surface area contributed by atoms with Crippen molar-refractivity contribution in [2.75, 3.05) is 26.4 Å². The number of ether oxygens (including phenoxy) is 3. The average Bonchev–Trinajstić information content (AvgIpc) is 2.82. The molecule has 0 N–H and O–H groups in total. The SMILES string of the molecule is CCOC(=O)C1(c2ccccc2-c2ccc(Cl)cc2)COCCO1.[c]1ccccc1. The van der Waals surface area contributed by atoms with Crippen molar-refractivity contribution in [3.05, 3.63) is 95.5 Å². The van der Waals surface area contributed by atoms with Gasteiger partial charge in [-0.2, -0.15) is 0 Å². The van der Waals surface area contributed by atoms with E-state index in [1.54, 1.807) is 6.92 Å². The Labute approximate surface area is 182 Å². The summed E-state index contributed by atoms with van der Waals surface area (Å²) in [6, 6.07) is 27.6. The third kappa shape index (κ3) is 5.28. The van der Waals surface area contributed by atoms with E-state index in [-0.39, 0.29) is 13.2 Å². The fourth-order valence-electron chi connectivity index (χ4n) is 3.22. The van der Waals surface area contributed by atoms with Gasteiger partial charge >= 0.3 is 5.97 Å². The van der Waals surface area contributed by atoms with Crippen molar-refractivity contribution in [3.8, 4) is 11.1 Å². The second kappa shape index (κ2) is 10.9. The monoisotopic (exact) mass is 423 g/mol. The van der Waals surface area contributed by atoms with Crippen LogP contribution in [0.15, 0.2) is 78.9 Å². The zero-order chi connectivity index (χ0) is 21.2. The lowest BCUT2D eigenvalue weighted by Crippen LogP contribution is -2.48. The van der Waals surface area contributed by atoms with E-state index in [4.69, 9.17) is 25.8 Å². The largest absolute Gasteiger partial charge is 0.464 e. The number of carbonyl (C=O) groups is 1. The Morgan fingerprint density at radius 1 is 1.03 bits per heavy atom. The summed E-state index contributed by atoms with van der Waals surface area (Å²) in [5, 5.41) is 0.661. The first-order chi connectivity index (χ1) is 14.7. The van der Waals surface area contributed by atoms with E-state index in [0.717, 1.165) is 16.7 Å². The van der Waals surface area contributed by atoms with Crippen LogP contribution in [-0.4, -0.2) is 32.4 Å². The summed E-state index contributed by atoms with van der Waals surface area (Å²) >= 11 is 5.99. The van der Waals surface area contributed by atoms with Gasteiger partial charge in [0.2, 0.25) is 5.60 Å². The molecule has 30 heavy (non-hydrogen) atoms. The van der Waals surface area contributed by atoms with Gasteiger partial charge in [-0.25, -0.2) is 4.79 Å². The maximum atomic E-state index is 12.7. The molecule has 1 aliphatic rings. The van der Waals surface area contributed by atoms with Crippen LogP contribution in [0.2, 0.25) is 5.02 Å². The van der Waals surface area contributed by atoms with Crippen LogP contribution in [-0.2, 0) is 24.6 Å². The van der Waals surface area contributed by atoms with E-state index in [2.05, 4.69) is 6.07 Å². The van der Waals surface area contributed by atoms with Crippen LogP contribution in [0.25, 0.3) is 11.1 Å². The van der Waals surface area contributed by atoms with Gasteiger partial charge in [-0.3, -0.25) is 0 Å². The molecule has 0 aromatic heterocycles. The summed E-state index contributed by atoms with van der Waals surface area (Å²) in [6.07, 6.45) is 0. The average molecular weight is 424 g/mol. The molecule has 0 aliphatic carbocycles. The highest BCUT2D eigenvalue weighted by molar-refractivity contribution is 6.30. The molecular weight excluding hydrogens is 400 g/mol. The molecule has 1 heterocycles. The molecule has 0 saturated carbocycles. The number of esters is 1. The summed E-state index contributed by atoms with van der Waals surface area (Å²) in [5.41, 5.74) is 1.34. The van der Waals surface area contributed by atoms with Gasteiger partial charge in [-0.05, 0) is 36.2 Å². The number of hydrogen-bond acceptors (Lipinski definition) is 4. The Morgan fingerprint density at radius 3 is 2.33 bits per heavy atom. The van der Waals surface area contributed by atoms with Gasteiger partial charge < -0.3 is 14.2 Å². The first-order valence-corrected chi connectivity index (χ1v) is 10.2. The molecule has 0 spiro atoms. The standard InChI is InChI=1S/C19H19ClO4.C6H5/c1-2-23-18(21)19(13-22-11-12-24-19)17-6-4-3-5-16(17)14-7-9-15(20)10-8-14;1-2-4-6-5-3-1/h3-10H,2,11-13H2,1H3;1-5H. The van der Waals surface area contributed by atoms with Crippen molar-refractivity contribution in [3.63, 3.8) is 0 Å². The van der Waals surface area contributed by atoms with E-state index in [1.807, 2.05) is 78.9 Å². The smallest absolute Gasteiger partial charge is 0.345 e. The first-order valence-electron chi connectivity index (χ1n) is 9.83. The van der Waals surface area contributed by atoms with Gasteiger partial charge in [0.25, 0.3) is 0 Å². The molecule has 0 bridgehead atoms. The molecule has 1 fully saturated rings. The second-order valence-electron chi connectivity index (χ2n) is 6.58. The van der Waals surface area contributed by atoms with Crippen LogP contribution in [0, 0.1) is 6.07 Å². The maximum absolute atomic E-state index is 12.7. The van der Waals surface area contributed by atoms with Crippen molar-refractivity contribution in [2.45, 2.75) is 12.5 Å². The Bertz CT molecular complexity index is 893. The zero-order valence-electron chi connectivity index (χ0n) is 16.8. The van der Waals surface area contributed by atoms with Gasteiger partial charge in [0.1, 0.15) is 0 Å². The number of halogens is 1. The molecule has 0 amide bonds. The molecule has 1 saturated heterocycles. The predicted molar refractivity (Wildman–Crippen MR) is 117 cm³/mol. The van der Waals surface area contributed by atoms with Crippen molar-refractivity contribution < 1.29 is 19.0 Å². The normalized spacial score (nSPS) is 18.1. The highest BCUT2D eigenvalue weighted by Crippen LogP contribution is 2.37. The Kier molecular flexibility index (Phi) is 8.03. The van der Waals surface area contributed by atoms with Gasteiger partial charge in [0.15, 0.2) is 0 Å². The molecule has 1 unspecified atom stereocenters. The molecule has 4 nitrogen and oxygen atoms in total. The summed E-state index contributed by atoms with van der Waals surface area (Å²) in [6.45, 7) is 3.00. The van der Waals surface area contributed by atoms with Crippen LogP contribution in [0.5, 0.6) is 0 Å². The van der Waals surface area contributed by atoms with Gasteiger partial charge in [0, 0.05) is 10.6 Å². The van der Waals surface area contributed by atoms with E-state index in [9.17, 15) is 4.79 Å². The fourth-order valence-corrected chi connectivity index (χ4v) is 3.35. The summed E-state index contributed by atoms with van der Waals surface area (Å²) in [7, 11) is 0. The Morgan fingerprint density at radius 2 is 1.77 bits per heavy atom. The number of rotatable bonds is 4. The molecule has 3 aromatic carbocycles. The molecule has 4 rings (SSSR count). The third-order valence-electron chi connectivity index (χ3n) is 4.61. The second-order valence-corrected chi connectivity index (χ2v) is 7.01. The minimum atomic E-state index is -1.25. The molecule has 3 aromatic rings. The van der Waals surface area contributed by atoms with E-state index < -0.39 is 11.6 Å². The number of benzene rings is 3. The molecule has 5 heteroatoms. The van der Waals surface area contributed by atoms with Crippen LogP contribution in [0.4, 0.5) is 0 Å². The quantitative estimate of drug-likeness (QED) is 0.534. The van der Waals surface area contributed by atoms with E-state index in [0.29, 0.717) is 18.2 Å². The van der Waals surface area contributed by atoms with Crippen molar-refractivity contribution in [1.29, 1.82) is 0 Å². The fraction of sp³-hybridized carbons (Fsp3) is 0.240. The van der Waals surface area contributed by atoms with Crippen LogP contribution < -0.4 is 0 Å². The van der Waals surface area contributed by atoms with Crippen LogP contribution in [0.1, 0.15) is 12.5 Å². The lowest BCUT2D eigenvalue weighted by Gasteiger charge is -2.36. The minimum absolute atomic E-state index is 0.135. The van der Waals surface area contributed by atoms with Crippen molar-refractivity contribution >= 4 is 17.6 Å². The molecule has 155 valence electrons. The zero-order valence-corrected chi connectivity index (χ0v) is 17.6. The topological polar surface area (TPSA) is 44.8 Å². The van der Waals surface area contributed by atoms with E-state index in [1.165, 1.54) is 0 Å². The van der Waals surface area contributed by atoms with E-state index >= 15 is 0 Å². The summed E-state index contributed by atoms with van der Waals surface area (Å²) < 4.78 is 16.8. The Hall–Kier alpha value is -2.66. The predicted octanol–water partition coefficient (Wildman–Crippen LogP) is 5.30. The molecular formula is C25H24ClO4. The molecule has 1 atom stereocenters. The minimum Gasteiger partial charge on any atom is -0.464 e. The lowest BCUT2D eigenvalue weighted by atomic mass is 9.86. The maximum Gasteiger partial charge on any atom is 0.345 e. The van der Waals surface area contributed by atoms with Crippen LogP contribution in [0.3, 0.4) is 0 Å². The highest BCUT2D eigenvalue weighted by atomic mass is 35.5. The Balaban J connectivity index is 0.000000367. The van der Waals surface area contributed by atoms with Gasteiger partial charge in [0.05, 0.1) is 26.4 Å². The molecule has 1 radical (unpaired) electrons. The summed E-state index contributed by atoms with van der Waals surface area (Å²) in [5.74, 6) is -0.425. The van der Waals surface area contributed by atoms with Gasteiger partial charge in [-0.15, -0.1) is 0 Å². The van der Waals surface area contributed by atoms with Crippen molar-refractivity contribution in [2.24, 2.45) is 0 Å². The van der Waals surface area contributed by atoms with Gasteiger partial charge in [-0.1, -0.05) is 78.3 Å². The van der Waals surface area contributed by atoms with Crippen molar-refractivity contribution in [1.82, 2.24) is 0 Å². The van der Waals surface area contributed by atoms with Crippen LogP contribution >= 0.6 is 11.6 Å². The third-order valence-corrected chi connectivity index (χ3v) is 4.86. The number of hydrogen-bond donors (Lipinski definition) is 0.